The highest BCUT2D eigenvalue weighted by Gasteiger charge is 2.28. The van der Waals surface area contributed by atoms with Crippen LogP contribution in [0.4, 0.5) is 4.79 Å². The van der Waals surface area contributed by atoms with E-state index in [4.69, 9.17) is 5.10 Å². The summed E-state index contributed by atoms with van der Waals surface area (Å²) < 4.78 is 3.20. The third kappa shape index (κ3) is 2.36. The molecular formula is C17H19N5OS. The zero-order valence-corrected chi connectivity index (χ0v) is 14.7. The molecule has 6 nitrogen and oxygen atoms in total. The maximum atomic E-state index is 12.3. The van der Waals surface area contributed by atoms with Crippen molar-refractivity contribution in [3.05, 3.63) is 35.5 Å². The van der Waals surface area contributed by atoms with Crippen molar-refractivity contribution < 1.29 is 4.79 Å². The van der Waals surface area contributed by atoms with Crippen LogP contribution >= 0.6 is 11.3 Å². The van der Waals surface area contributed by atoms with Crippen LogP contribution in [0, 0.1) is 0 Å². The third-order valence-electron chi connectivity index (χ3n) is 4.34. The van der Waals surface area contributed by atoms with Crippen LogP contribution in [0.15, 0.2) is 29.8 Å². The second kappa shape index (κ2) is 5.59. The van der Waals surface area contributed by atoms with E-state index in [0.717, 1.165) is 27.2 Å². The van der Waals surface area contributed by atoms with Gasteiger partial charge < -0.3 is 9.80 Å². The molecule has 24 heavy (non-hydrogen) atoms. The van der Waals surface area contributed by atoms with E-state index < -0.39 is 0 Å². The number of fused-ring (bicyclic) bond motifs is 2. The van der Waals surface area contributed by atoms with Crippen molar-refractivity contribution in [1.82, 2.24) is 24.6 Å². The van der Waals surface area contributed by atoms with Crippen LogP contribution < -0.4 is 0 Å². The van der Waals surface area contributed by atoms with Crippen molar-refractivity contribution in [1.29, 1.82) is 0 Å². The number of aromatic nitrogens is 3. The zero-order valence-electron chi connectivity index (χ0n) is 13.9. The van der Waals surface area contributed by atoms with Crippen LogP contribution in [-0.2, 0) is 6.54 Å². The summed E-state index contributed by atoms with van der Waals surface area (Å²) in [6.45, 7) is 3.37. The number of hydrogen-bond acceptors (Lipinski definition) is 4. The van der Waals surface area contributed by atoms with Gasteiger partial charge in [0.25, 0.3) is 0 Å². The predicted octanol–water partition coefficient (Wildman–Crippen LogP) is 3.22. The highest BCUT2D eigenvalue weighted by Crippen LogP contribution is 2.33. The van der Waals surface area contributed by atoms with E-state index in [0.29, 0.717) is 13.1 Å². The third-order valence-corrected chi connectivity index (χ3v) is 5.28. The predicted molar refractivity (Wildman–Crippen MR) is 95.0 cm³/mol. The first-order chi connectivity index (χ1) is 11.5. The van der Waals surface area contributed by atoms with Crippen molar-refractivity contribution in [3.63, 3.8) is 0 Å². The van der Waals surface area contributed by atoms with E-state index in [9.17, 15) is 4.79 Å². The summed E-state index contributed by atoms with van der Waals surface area (Å²) in [6, 6.07) is 6.34. The van der Waals surface area contributed by atoms with E-state index in [1.54, 1.807) is 30.3 Å². The van der Waals surface area contributed by atoms with Gasteiger partial charge in [0.2, 0.25) is 0 Å². The van der Waals surface area contributed by atoms with Gasteiger partial charge in [-0.1, -0.05) is 0 Å². The normalized spacial score (nSPS) is 17.1. The first-order valence-electron chi connectivity index (χ1n) is 7.92. The topological polar surface area (TPSA) is 54.3 Å². The molecule has 1 aliphatic heterocycles. The number of nitrogens with zero attached hydrogens (tertiary/aromatic N) is 5. The zero-order chi connectivity index (χ0) is 16.8. The average molecular weight is 341 g/mol. The van der Waals surface area contributed by atoms with Gasteiger partial charge in [0.1, 0.15) is 0 Å². The Morgan fingerprint density at radius 1 is 1.38 bits per heavy atom. The average Bonchev–Trinajstić information content (AvgIpc) is 3.20. The Hall–Kier alpha value is -2.41. The molecule has 4 heterocycles. The van der Waals surface area contributed by atoms with Crippen molar-refractivity contribution in [3.8, 4) is 11.3 Å². The smallest absolute Gasteiger partial charge is 0.319 e. The van der Waals surface area contributed by atoms with E-state index >= 15 is 0 Å². The molecule has 0 spiro atoms. The number of hydrogen-bond donors (Lipinski definition) is 0. The Labute approximate surface area is 144 Å². The maximum Gasteiger partial charge on any atom is 0.319 e. The Morgan fingerprint density at radius 3 is 3.00 bits per heavy atom. The van der Waals surface area contributed by atoms with Gasteiger partial charge in [-0.3, -0.25) is 9.67 Å². The molecule has 2 amide bonds. The lowest BCUT2D eigenvalue weighted by Crippen LogP contribution is -2.44. The van der Waals surface area contributed by atoms with Gasteiger partial charge in [-0.25, -0.2) is 4.79 Å². The minimum Gasteiger partial charge on any atom is -0.331 e. The molecule has 3 aromatic heterocycles. The van der Waals surface area contributed by atoms with Crippen molar-refractivity contribution in [2.75, 3.05) is 20.6 Å². The van der Waals surface area contributed by atoms with E-state index in [1.165, 1.54) is 0 Å². The van der Waals surface area contributed by atoms with E-state index in [1.807, 2.05) is 23.2 Å². The number of carbonyl (C=O) groups is 1. The summed E-state index contributed by atoms with van der Waals surface area (Å²) >= 11 is 1.68. The molecule has 3 aromatic rings. The van der Waals surface area contributed by atoms with Crippen LogP contribution in [-0.4, -0.2) is 51.2 Å². The monoisotopic (exact) mass is 341 g/mol. The van der Waals surface area contributed by atoms with Crippen LogP contribution in [0.25, 0.3) is 21.5 Å². The molecule has 0 unspecified atom stereocenters. The Kier molecular flexibility index (Phi) is 3.53. The molecule has 1 aliphatic rings. The Bertz CT molecular complexity index is 913. The van der Waals surface area contributed by atoms with Crippen LogP contribution in [0.3, 0.4) is 0 Å². The highest BCUT2D eigenvalue weighted by atomic mass is 32.1. The highest BCUT2D eigenvalue weighted by molar-refractivity contribution is 7.17. The summed E-state index contributed by atoms with van der Waals surface area (Å²) in [5.74, 6) is 0. The van der Waals surface area contributed by atoms with Crippen LogP contribution in [0.5, 0.6) is 0 Å². The minimum atomic E-state index is 0.0420. The number of rotatable bonds is 1. The molecule has 4 rings (SSSR count). The number of amides is 2. The molecule has 124 valence electrons. The molecule has 7 heteroatoms. The number of pyridine rings is 1. The standard InChI is InChI=1S/C17H19N5OS/c1-11-9-21(17(23)20(2)3)10-12-8-15(19-22(11)12)13-4-6-18-14-5-7-24-16(13)14/h4-8,11H,9-10H2,1-3H3/t11-/m0/s1. The lowest BCUT2D eigenvalue weighted by atomic mass is 10.1. The van der Waals surface area contributed by atoms with Gasteiger partial charge in [0, 0.05) is 32.4 Å². The van der Waals surface area contributed by atoms with Gasteiger partial charge in [-0.2, -0.15) is 5.10 Å². The molecule has 0 radical (unpaired) electrons. The number of thiophene rings is 1. The maximum absolute atomic E-state index is 12.3. The summed E-state index contributed by atoms with van der Waals surface area (Å²) in [4.78, 5) is 20.2. The molecule has 0 N–H and O–H groups in total. The van der Waals surface area contributed by atoms with Gasteiger partial charge in [-0.15, -0.1) is 11.3 Å². The number of urea groups is 1. The second-order valence-corrected chi connectivity index (χ2v) is 7.28. The van der Waals surface area contributed by atoms with Gasteiger partial charge in [0.05, 0.1) is 34.2 Å². The number of carbonyl (C=O) groups excluding carboxylic acids is 1. The Morgan fingerprint density at radius 2 is 2.21 bits per heavy atom. The summed E-state index contributed by atoms with van der Waals surface area (Å²) in [5.41, 5.74) is 4.13. The first kappa shape index (κ1) is 15.1. The first-order valence-corrected chi connectivity index (χ1v) is 8.80. The lowest BCUT2D eigenvalue weighted by Gasteiger charge is -2.33. The van der Waals surface area contributed by atoms with E-state index in [2.05, 4.69) is 28.0 Å². The summed E-state index contributed by atoms with van der Waals surface area (Å²) in [6.07, 6.45) is 1.83. The molecular weight excluding hydrogens is 322 g/mol. The van der Waals surface area contributed by atoms with Gasteiger partial charge in [-0.05, 0) is 30.5 Å². The molecule has 0 bridgehead atoms. The second-order valence-electron chi connectivity index (χ2n) is 6.37. The van der Waals surface area contributed by atoms with Crippen LogP contribution in [0.1, 0.15) is 18.7 Å². The van der Waals surface area contributed by atoms with Gasteiger partial charge >= 0.3 is 6.03 Å². The fraction of sp³-hybridized carbons (Fsp3) is 0.353. The molecule has 0 saturated carbocycles. The molecule has 0 aliphatic carbocycles. The van der Waals surface area contributed by atoms with Crippen molar-refractivity contribution in [2.24, 2.45) is 0 Å². The van der Waals surface area contributed by atoms with Crippen molar-refractivity contribution >= 4 is 27.6 Å². The summed E-state index contributed by atoms with van der Waals surface area (Å²) in [7, 11) is 3.57. The van der Waals surface area contributed by atoms with Crippen molar-refractivity contribution in [2.45, 2.75) is 19.5 Å². The fourth-order valence-corrected chi connectivity index (χ4v) is 4.10. The molecule has 0 fully saturated rings. The molecule has 0 saturated heterocycles. The lowest BCUT2D eigenvalue weighted by molar-refractivity contribution is 0.145. The van der Waals surface area contributed by atoms with Gasteiger partial charge in [0.15, 0.2) is 0 Å². The molecule has 1 atom stereocenters. The molecule has 0 aromatic carbocycles. The van der Waals surface area contributed by atoms with E-state index in [-0.39, 0.29) is 12.1 Å². The van der Waals surface area contributed by atoms with Crippen LogP contribution in [0.2, 0.25) is 0 Å². The Balaban J connectivity index is 1.74. The SMILES string of the molecule is C[C@H]1CN(C(=O)N(C)C)Cc2cc(-c3ccnc4ccsc34)nn21. The quantitative estimate of drug-likeness (QED) is 0.683. The largest absolute Gasteiger partial charge is 0.331 e. The minimum absolute atomic E-state index is 0.0420. The summed E-state index contributed by atoms with van der Waals surface area (Å²) in [5, 5.41) is 6.87. The fourth-order valence-electron chi connectivity index (χ4n) is 3.22.